The molecule has 0 aromatic heterocycles. The summed E-state index contributed by atoms with van der Waals surface area (Å²) in [6.07, 6.45) is 7.67. The highest BCUT2D eigenvalue weighted by atomic mass is 28.4. The maximum atomic E-state index is 10.9. The first kappa shape index (κ1) is 13.8. The molecule has 0 unspecified atom stereocenters. The van der Waals surface area contributed by atoms with Crippen LogP contribution in [0, 0.1) is 5.92 Å². The molecule has 0 bridgehead atoms. The highest BCUT2D eigenvalue weighted by molar-refractivity contribution is 6.69. The van der Waals surface area contributed by atoms with Gasteiger partial charge in [0.1, 0.15) is 0 Å². The van der Waals surface area contributed by atoms with Crippen LogP contribution in [0.1, 0.15) is 19.8 Å². The van der Waals surface area contributed by atoms with E-state index in [1.807, 2.05) is 12.2 Å². The molecular weight excluding hydrogens is 240 g/mol. The van der Waals surface area contributed by atoms with Crippen LogP contribution < -0.4 is 0 Å². The lowest BCUT2D eigenvalue weighted by molar-refractivity contribution is -0.00269. The van der Waals surface area contributed by atoms with Crippen LogP contribution in [0.15, 0.2) is 36.0 Å². The summed E-state index contributed by atoms with van der Waals surface area (Å²) in [5.74, 6) is 0.139. The van der Waals surface area contributed by atoms with Gasteiger partial charge in [-0.25, -0.2) is 0 Å². The van der Waals surface area contributed by atoms with Gasteiger partial charge in [-0.3, -0.25) is 0 Å². The minimum Gasteiger partial charge on any atom is -0.411 e. The van der Waals surface area contributed by atoms with E-state index >= 15 is 0 Å². The smallest absolute Gasteiger partial charge is 0.184 e. The first-order valence-electron chi connectivity index (χ1n) is 6.64. The minimum atomic E-state index is -1.62. The second kappa shape index (κ2) is 4.48. The Kier molecular flexibility index (Phi) is 3.43. The van der Waals surface area contributed by atoms with E-state index in [0.29, 0.717) is 6.42 Å². The molecule has 0 amide bonds. The van der Waals surface area contributed by atoms with Crippen molar-refractivity contribution >= 4 is 8.32 Å². The quantitative estimate of drug-likeness (QED) is 0.612. The summed E-state index contributed by atoms with van der Waals surface area (Å²) < 4.78 is 6.25. The SMILES string of the molecule is C=C1C=C[C@@H](O[Si](C)(C)C)[C@@H]2CC(C)=C[C@@]2(O)C1. The minimum absolute atomic E-state index is 0.00890. The van der Waals surface area contributed by atoms with Crippen LogP contribution in [-0.4, -0.2) is 25.1 Å². The van der Waals surface area contributed by atoms with Gasteiger partial charge in [0.05, 0.1) is 11.7 Å². The molecule has 0 spiro atoms. The molecule has 2 aliphatic rings. The van der Waals surface area contributed by atoms with Crippen LogP contribution in [0.4, 0.5) is 0 Å². The van der Waals surface area contributed by atoms with Gasteiger partial charge in [-0.2, -0.15) is 0 Å². The molecule has 0 saturated heterocycles. The summed E-state index contributed by atoms with van der Waals surface area (Å²) in [4.78, 5) is 0. The number of aliphatic hydroxyl groups is 1. The number of fused-ring (bicyclic) bond motifs is 1. The molecule has 0 aromatic carbocycles. The van der Waals surface area contributed by atoms with Gasteiger partial charge in [-0.1, -0.05) is 36.0 Å². The van der Waals surface area contributed by atoms with Gasteiger partial charge in [0, 0.05) is 12.3 Å². The number of hydrogen-bond donors (Lipinski definition) is 1. The normalized spacial score (nSPS) is 36.3. The predicted molar refractivity (Wildman–Crippen MR) is 77.9 cm³/mol. The predicted octanol–water partition coefficient (Wildman–Crippen LogP) is 3.42. The molecule has 1 N–H and O–H groups in total. The van der Waals surface area contributed by atoms with Crippen molar-refractivity contribution in [2.24, 2.45) is 5.92 Å². The zero-order valence-corrected chi connectivity index (χ0v) is 12.9. The van der Waals surface area contributed by atoms with Crippen molar-refractivity contribution in [3.8, 4) is 0 Å². The Bertz CT molecular complexity index is 417. The fourth-order valence-electron chi connectivity index (χ4n) is 3.02. The Morgan fingerprint density at radius 3 is 2.72 bits per heavy atom. The first-order valence-corrected chi connectivity index (χ1v) is 10.0. The Balaban J connectivity index is 2.30. The summed E-state index contributed by atoms with van der Waals surface area (Å²) in [7, 11) is -1.62. The van der Waals surface area contributed by atoms with Gasteiger partial charge in [0.25, 0.3) is 0 Å². The molecule has 0 aliphatic heterocycles. The average molecular weight is 264 g/mol. The van der Waals surface area contributed by atoms with Gasteiger partial charge in [0.2, 0.25) is 0 Å². The lowest BCUT2D eigenvalue weighted by Gasteiger charge is -2.35. The molecular formula is C15H24O2Si. The Morgan fingerprint density at radius 1 is 1.44 bits per heavy atom. The lowest BCUT2D eigenvalue weighted by atomic mass is 9.84. The van der Waals surface area contributed by atoms with E-state index in [1.165, 1.54) is 5.57 Å². The summed E-state index contributed by atoms with van der Waals surface area (Å²) in [6, 6.07) is 0. The summed E-state index contributed by atoms with van der Waals surface area (Å²) in [5.41, 5.74) is 1.47. The average Bonchev–Trinajstić information content (AvgIpc) is 2.41. The van der Waals surface area contributed by atoms with E-state index in [1.54, 1.807) is 0 Å². The number of allylic oxidation sites excluding steroid dienone is 2. The molecule has 3 heteroatoms. The summed E-state index contributed by atoms with van der Waals surface area (Å²) in [6.45, 7) is 12.7. The topological polar surface area (TPSA) is 29.5 Å². The molecule has 2 aliphatic carbocycles. The summed E-state index contributed by atoms with van der Waals surface area (Å²) >= 11 is 0. The second-order valence-electron chi connectivity index (χ2n) is 6.68. The van der Waals surface area contributed by atoms with Gasteiger partial charge >= 0.3 is 0 Å². The fourth-order valence-corrected chi connectivity index (χ4v) is 4.08. The van der Waals surface area contributed by atoms with Crippen LogP contribution >= 0.6 is 0 Å². The maximum Gasteiger partial charge on any atom is 0.184 e. The van der Waals surface area contributed by atoms with E-state index in [-0.39, 0.29) is 12.0 Å². The molecule has 0 fully saturated rings. The van der Waals surface area contributed by atoms with Crippen molar-refractivity contribution in [3.63, 3.8) is 0 Å². The fraction of sp³-hybridized carbons (Fsp3) is 0.600. The molecule has 0 saturated carbocycles. The molecule has 0 heterocycles. The second-order valence-corrected chi connectivity index (χ2v) is 11.1. The van der Waals surface area contributed by atoms with E-state index in [0.717, 1.165) is 12.0 Å². The first-order chi connectivity index (χ1) is 8.20. The van der Waals surface area contributed by atoms with Crippen molar-refractivity contribution in [2.45, 2.75) is 51.1 Å². The number of hydrogen-bond acceptors (Lipinski definition) is 2. The maximum absolute atomic E-state index is 10.9. The van der Waals surface area contributed by atoms with Crippen molar-refractivity contribution in [1.82, 2.24) is 0 Å². The zero-order chi connectivity index (χ0) is 13.6. The van der Waals surface area contributed by atoms with E-state index in [9.17, 15) is 5.11 Å². The Labute approximate surface area is 111 Å². The largest absolute Gasteiger partial charge is 0.411 e. The van der Waals surface area contributed by atoms with Crippen LogP contribution in [-0.2, 0) is 4.43 Å². The molecule has 0 radical (unpaired) electrons. The van der Waals surface area contributed by atoms with Crippen LogP contribution in [0.25, 0.3) is 0 Å². The third-order valence-corrected chi connectivity index (χ3v) is 4.58. The van der Waals surface area contributed by atoms with Gasteiger partial charge in [-0.15, -0.1) is 0 Å². The molecule has 18 heavy (non-hydrogen) atoms. The van der Waals surface area contributed by atoms with Gasteiger partial charge in [-0.05, 0) is 33.0 Å². The van der Waals surface area contributed by atoms with Gasteiger partial charge in [0.15, 0.2) is 8.32 Å². The summed E-state index contributed by atoms with van der Waals surface area (Å²) in [5, 5.41) is 10.9. The molecule has 3 atom stereocenters. The van der Waals surface area contributed by atoms with Crippen molar-refractivity contribution in [1.29, 1.82) is 0 Å². The third-order valence-electron chi connectivity index (χ3n) is 3.60. The highest BCUT2D eigenvalue weighted by Gasteiger charge is 2.45. The standard InChI is InChI=1S/C15H24O2Si/c1-11-6-7-14(17-18(3,4)5)13-8-12(2)10-15(13,16)9-11/h6-7,10,13-14,16H,1,8-9H2,2-5H3/t13-,14+,15-/m0/s1. The Hall–Kier alpha value is -0.643. The molecule has 100 valence electrons. The van der Waals surface area contributed by atoms with E-state index in [2.05, 4.69) is 39.2 Å². The lowest BCUT2D eigenvalue weighted by Crippen LogP contribution is -2.43. The zero-order valence-electron chi connectivity index (χ0n) is 11.9. The monoisotopic (exact) mass is 264 g/mol. The third kappa shape index (κ3) is 2.84. The number of rotatable bonds is 2. The van der Waals surface area contributed by atoms with Crippen molar-refractivity contribution < 1.29 is 9.53 Å². The van der Waals surface area contributed by atoms with E-state index < -0.39 is 13.9 Å². The van der Waals surface area contributed by atoms with Gasteiger partial charge < -0.3 is 9.53 Å². The molecule has 0 aromatic rings. The van der Waals surface area contributed by atoms with E-state index in [4.69, 9.17) is 4.43 Å². The van der Waals surface area contributed by atoms with Crippen molar-refractivity contribution in [3.05, 3.63) is 36.0 Å². The Morgan fingerprint density at radius 2 is 2.11 bits per heavy atom. The molecule has 2 nitrogen and oxygen atoms in total. The highest BCUT2D eigenvalue weighted by Crippen LogP contribution is 2.43. The van der Waals surface area contributed by atoms with Crippen LogP contribution in [0.2, 0.25) is 19.6 Å². The van der Waals surface area contributed by atoms with Crippen LogP contribution in [0.5, 0.6) is 0 Å². The van der Waals surface area contributed by atoms with Crippen molar-refractivity contribution in [2.75, 3.05) is 0 Å². The van der Waals surface area contributed by atoms with Crippen LogP contribution in [0.3, 0.4) is 0 Å². The molecule has 2 rings (SSSR count).